The van der Waals surface area contributed by atoms with Crippen LogP contribution in [0.2, 0.25) is 0 Å². The number of hydrogen-bond donors (Lipinski definition) is 0. The molecule has 0 spiro atoms. The topological polar surface area (TPSA) is 0 Å². The highest BCUT2D eigenvalue weighted by Gasteiger charge is 2.11. The van der Waals surface area contributed by atoms with Crippen molar-refractivity contribution in [3.05, 3.63) is 18.3 Å². The van der Waals surface area contributed by atoms with Crippen molar-refractivity contribution in [1.82, 2.24) is 0 Å². The zero-order chi connectivity index (χ0) is 7.72. The van der Waals surface area contributed by atoms with E-state index >= 15 is 0 Å². The van der Waals surface area contributed by atoms with Gasteiger partial charge in [0.05, 0.1) is 0 Å². The van der Waals surface area contributed by atoms with E-state index in [9.17, 15) is 0 Å². The minimum absolute atomic E-state index is 1.25. The summed E-state index contributed by atoms with van der Waals surface area (Å²) in [7, 11) is 0. The zero-order valence-electron chi connectivity index (χ0n) is 6.17. The molecular formula is C8H10I2. The van der Waals surface area contributed by atoms with Crippen LogP contribution in [0.1, 0.15) is 26.7 Å². The Morgan fingerprint density at radius 1 is 1.10 bits per heavy atom. The van der Waals surface area contributed by atoms with Crippen molar-refractivity contribution < 1.29 is 0 Å². The predicted octanol–water partition coefficient (Wildman–Crippen LogP) is 4.20. The SMILES string of the molecule is CC1=C(C)C(I)=C(I)CC1. The highest BCUT2D eigenvalue weighted by molar-refractivity contribution is 14.1. The predicted molar refractivity (Wildman–Crippen MR) is 62.7 cm³/mol. The minimum Gasteiger partial charge on any atom is -0.0690 e. The summed E-state index contributed by atoms with van der Waals surface area (Å²) in [6.07, 6.45) is 2.51. The van der Waals surface area contributed by atoms with Gasteiger partial charge in [0, 0.05) is 7.16 Å². The van der Waals surface area contributed by atoms with Gasteiger partial charge in [-0.1, -0.05) is 5.57 Å². The highest BCUT2D eigenvalue weighted by atomic mass is 127. The molecule has 0 unspecified atom stereocenters. The molecule has 0 saturated carbocycles. The summed E-state index contributed by atoms with van der Waals surface area (Å²) in [5.41, 5.74) is 3.06. The summed E-state index contributed by atoms with van der Waals surface area (Å²) in [5, 5.41) is 0. The molecule has 0 radical (unpaired) electrons. The molecule has 0 aromatic rings. The molecule has 2 heteroatoms. The first kappa shape index (κ1) is 9.03. The second-order valence-corrected chi connectivity index (χ2v) is 5.01. The summed E-state index contributed by atoms with van der Waals surface area (Å²) in [4.78, 5) is 0. The molecule has 0 fully saturated rings. The molecule has 1 aliphatic carbocycles. The van der Waals surface area contributed by atoms with E-state index in [2.05, 4.69) is 59.0 Å². The van der Waals surface area contributed by atoms with Crippen LogP contribution in [0.5, 0.6) is 0 Å². The van der Waals surface area contributed by atoms with Crippen LogP contribution >= 0.6 is 45.2 Å². The summed E-state index contributed by atoms with van der Waals surface area (Å²) < 4.78 is 3.00. The van der Waals surface area contributed by atoms with Gasteiger partial charge >= 0.3 is 0 Å². The Bertz CT molecular complexity index is 187. The Labute approximate surface area is 89.4 Å². The fourth-order valence-electron chi connectivity index (χ4n) is 0.985. The molecule has 0 nitrogen and oxygen atoms in total. The van der Waals surface area contributed by atoms with Crippen LogP contribution in [0, 0.1) is 0 Å². The summed E-state index contributed by atoms with van der Waals surface area (Å²) in [5.74, 6) is 0. The Morgan fingerprint density at radius 2 is 1.70 bits per heavy atom. The van der Waals surface area contributed by atoms with Crippen LogP contribution in [-0.2, 0) is 0 Å². The minimum atomic E-state index is 1.25. The number of rotatable bonds is 0. The second kappa shape index (κ2) is 3.56. The first-order chi connectivity index (χ1) is 4.63. The van der Waals surface area contributed by atoms with Crippen molar-refractivity contribution in [2.45, 2.75) is 26.7 Å². The lowest BCUT2D eigenvalue weighted by molar-refractivity contribution is 0.932. The van der Waals surface area contributed by atoms with Crippen molar-refractivity contribution in [3.63, 3.8) is 0 Å². The van der Waals surface area contributed by atoms with Crippen LogP contribution in [0.3, 0.4) is 0 Å². The maximum atomic E-state index is 2.45. The highest BCUT2D eigenvalue weighted by Crippen LogP contribution is 2.36. The maximum Gasteiger partial charge on any atom is 0.0251 e. The van der Waals surface area contributed by atoms with Gasteiger partial charge < -0.3 is 0 Å². The molecule has 10 heavy (non-hydrogen) atoms. The van der Waals surface area contributed by atoms with Gasteiger partial charge in [0.1, 0.15) is 0 Å². The van der Waals surface area contributed by atoms with E-state index in [1.165, 1.54) is 25.6 Å². The Balaban J connectivity index is 3.01. The van der Waals surface area contributed by atoms with Crippen LogP contribution in [0.4, 0.5) is 0 Å². The molecule has 56 valence electrons. The summed E-state index contributed by atoms with van der Waals surface area (Å²) >= 11 is 4.88. The van der Waals surface area contributed by atoms with Gasteiger partial charge in [0.2, 0.25) is 0 Å². The van der Waals surface area contributed by atoms with Crippen molar-refractivity contribution in [3.8, 4) is 0 Å². The first-order valence-corrected chi connectivity index (χ1v) is 5.49. The van der Waals surface area contributed by atoms with E-state index in [4.69, 9.17) is 0 Å². The van der Waals surface area contributed by atoms with E-state index in [0.717, 1.165) is 0 Å². The number of halogens is 2. The molecule has 0 amide bonds. The first-order valence-electron chi connectivity index (χ1n) is 3.34. The number of hydrogen-bond acceptors (Lipinski definition) is 0. The third-order valence-corrected chi connectivity index (χ3v) is 5.50. The molecule has 1 rings (SSSR count). The molecule has 0 N–H and O–H groups in total. The molecule has 0 aromatic heterocycles. The smallest absolute Gasteiger partial charge is 0.0251 e. The van der Waals surface area contributed by atoms with E-state index < -0.39 is 0 Å². The van der Waals surface area contributed by atoms with Crippen molar-refractivity contribution >= 4 is 45.2 Å². The summed E-state index contributed by atoms with van der Waals surface area (Å²) in [6, 6.07) is 0. The van der Waals surface area contributed by atoms with E-state index in [-0.39, 0.29) is 0 Å². The van der Waals surface area contributed by atoms with Crippen LogP contribution < -0.4 is 0 Å². The average Bonchev–Trinajstić information content (AvgIpc) is 1.93. The van der Waals surface area contributed by atoms with Crippen LogP contribution in [0.15, 0.2) is 18.3 Å². The van der Waals surface area contributed by atoms with E-state index in [1.54, 1.807) is 5.57 Å². The second-order valence-electron chi connectivity index (χ2n) is 2.62. The van der Waals surface area contributed by atoms with Crippen molar-refractivity contribution in [1.29, 1.82) is 0 Å². The van der Waals surface area contributed by atoms with E-state index in [0.29, 0.717) is 0 Å². The molecule has 1 aliphatic rings. The van der Waals surface area contributed by atoms with Crippen LogP contribution in [0.25, 0.3) is 0 Å². The van der Waals surface area contributed by atoms with Gasteiger partial charge in [-0.2, -0.15) is 0 Å². The molecule has 0 heterocycles. The summed E-state index contributed by atoms with van der Waals surface area (Å²) in [6.45, 7) is 4.45. The quantitative estimate of drug-likeness (QED) is 0.569. The third kappa shape index (κ3) is 1.75. The lowest BCUT2D eigenvalue weighted by Crippen LogP contribution is -1.94. The fraction of sp³-hybridized carbons (Fsp3) is 0.500. The van der Waals surface area contributed by atoms with Gasteiger partial charge in [-0.25, -0.2) is 0 Å². The molecule has 0 saturated heterocycles. The third-order valence-electron chi connectivity index (χ3n) is 1.93. The fourth-order valence-corrected chi connectivity index (χ4v) is 2.39. The maximum absolute atomic E-state index is 2.45. The largest absolute Gasteiger partial charge is 0.0690 e. The standard InChI is InChI=1S/C8H10I2/c1-5-3-4-7(9)8(10)6(5)2/h3-4H2,1-2H3. The monoisotopic (exact) mass is 360 g/mol. The molecular weight excluding hydrogens is 350 g/mol. The normalized spacial score (nSPS) is 20.4. The Kier molecular flexibility index (Phi) is 3.21. The van der Waals surface area contributed by atoms with Gasteiger partial charge in [-0.05, 0) is 77.4 Å². The molecule has 0 aromatic carbocycles. The van der Waals surface area contributed by atoms with Crippen molar-refractivity contribution in [2.75, 3.05) is 0 Å². The van der Waals surface area contributed by atoms with Crippen molar-refractivity contribution in [2.24, 2.45) is 0 Å². The average molecular weight is 360 g/mol. The van der Waals surface area contributed by atoms with Crippen LogP contribution in [-0.4, -0.2) is 0 Å². The lowest BCUT2D eigenvalue weighted by Gasteiger charge is -2.15. The molecule has 0 bridgehead atoms. The number of allylic oxidation sites excluding steroid dienone is 4. The molecule has 0 aliphatic heterocycles. The van der Waals surface area contributed by atoms with Gasteiger partial charge in [-0.3, -0.25) is 0 Å². The van der Waals surface area contributed by atoms with E-state index in [1.807, 2.05) is 0 Å². The van der Waals surface area contributed by atoms with Gasteiger partial charge in [0.15, 0.2) is 0 Å². The lowest BCUT2D eigenvalue weighted by atomic mass is 10.0. The zero-order valence-corrected chi connectivity index (χ0v) is 10.5. The Hall–Kier alpha value is 0.940. The van der Waals surface area contributed by atoms with Gasteiger partial charge in [-0.15, -0.1) is 0 Å². The van der Waals surface area contributed by atoms with Gasteiger partial charge in [0.25, 0.3) is 0 Å². The Morgan fingerprint density at radius 3 is 2.20 bits per heavy atom. The molecule has 0 atom stereocenters.